The smallest absolute Gasteiger partial charge is 0.253 e. The molecule has 1 unspecified atom stereocenters. The van der Waals surface area contributed by atoms with Gasteiger partial charge in [-0.3, -0.25) is 9.69 Å². The van der Waals surface area contributed by atoms with E-state index in [-0.39, 0.29) is 17.4 Å². The van der Waals surface area contributed by atoms with Crippen molar-refractivity contribution in [3.8, 4) is 0 Å². The second-order valence-corrected chi connectivity index (χ2v) is 10.5. The first-order valence-electron chi connectivity index (χ1n) is 13.5. The topological polar surface area (TPSA) is 79.7 Å². The predicted octanol–water partition coefficient (Wildman–Crippen LogP) is 5.87. The van der Waals surface area contributed by atoms with Crippen molar-refractivity contribution in [1.29, 1.82) is 0 Å². The molecule has 0 aliphatic heterocycles. The number of rotatable bonds is 8. The minimum Gasteiger partial charge on any atom is -0.322 e. The van der Waals surface area contributed by atoms with Crippen LogP contribution in [0.1, 0.15) is 65.8 Å². The Hall–Kier alpha value is -4.17. The van der Waals surface area contributed by atoms with E-state index >= 15 is 0 Å². The molecule has 7 nitrogen and oxygen atoms in total. The molecule has 6 rings (SSSR count). The van der Waals surface area contributed by atoms with E-state index in [1.165, 1.54) is 12.1 Å². The number of halogens is 1. The van der Waals surface area contributed by atoms with Gasteiger partial charge in [-0.15, -0.1) is 5.10 Å². The van der Waals surface area contributed by atoms with Gasteiger partial charge in [0.1, 0.15) is 11.9 Å². The molecule has 39 heavy (non-hydrogen) atoms. The van der Waals surface area contributed by atoms with Gasteiger partial charge in [0, 0.05) is 24.2 Å². The number of aromatic nitrogens is 5. The summed E-state index contributed by atoms with van der Waals surface area (Å²) in [6, 6.07) is 24.4. The summed E-state index contributed by atoms with van der Waals surface area (Å²) < 4.78 is 15.7. The summed E-state index contributed by atoms with van der Waals surface area (Å²) in [5.41, 5.74) is 4.32. The fourth-order valence-electron chi connectivity index (χ4n) is 5.70. The third kappa shape index (κ3) is 5.38. The number of nitrogens with zero attached hydrogens (tertiary/aromatic N) is 5. The molecule has 1 N–H and O–H groups in total. The average molecular weight is 523 g/mol. The number of hydrogen-bond acceptors (Lipinski definition) is 5. The Bertz CT molecular complexity index is 1620. The van der Waals surface area contributed by atoms with Gasteiger partial charge in [-0.25, -0.2) is 9.07 Å². The number of aryl methyl sites for hydroxylation is 1. The third-order valence-electron chi connectivity index (χ3n) is 7.65. The second-order valence-electron chi connectivity index (χ2n) is 10.5. The number of benzene rings is 3. The highest BCUT2D eigenvalue weighted by Crippen LogP contribution is 2.35. The fraction of sp³-hybridized carbons (Fsp3) is 0.290. The number of aromatic amines is 1. The van der Waals surface area contributed by atoms with E-state index in [1.807, 2.05) is 54.1 Å². The SMILES string of the molecule is Cc1ccc2cc(C(c3nnnn3C3CCCC3)N(Cc3ccccc3)Cc3ccc(F)cc3)c(=O)[nH]c2c1. The highest BCUT2D eigenvalue weighted by molar-refractivity contribution is 5.79. The molecule has 198 valence electrons. The van der Waals surface area contributed by atoms with Gasteiger partial charge in [0.15, 0.2) is 5.82 Å². The zero-order chi connectivity index (χ0) is 26.8. The summed E-state index contributed by atoms with van der Waals surface area (Å²) in [6.07, 6.45) is 4.28. The molecule has 8 heteroatoms. The lowest BCUT2D eigenvalue weighted by Gasteiger charge is -2.32. The highest BCUT2D eigenvalue weighted by Gasteiger charge is 2.33. The van der Waals surface area contributed by atoms with Crippen molar-refractivity contribution < 1.29 is 4.39 Å². The number of fused-ring (bicyclic) bond motifs is 1. The van der Waals surface area contributed by atoms with Gasteiger partial charge in [0.25, 0.3) is 5.56 Å². The van der Waals surface area contributed by atoms with E-state index in [9.17, 15) is 9.18 Å². The number of hydrogen-bond donors (Lipinski definition) is 1. The van der Waals surface area contributed by atoms with Gasteiger partial charge < -0.3 is 4.98 Å². The van der Waals surface area contributed by atoms with Gasteiger partial charge in [-0.05, 0) is 76.5 Å². The molecule has 1 aliphatic rings. The number of tetrazole rings is 1. The average Bonchev–Trinajstić information content (AvgIpc) is 3.64. The minimum absolute atomic E-state index is 0.170. The molecule has 1 saturated carbocycles. The molecule has 1 atom stereocenters. The molecule has 0 bridgehead atoms. The van der Waals surface area contributed by atoms with Gasteiger partial charge in [0.2, 0.25) is 0 Å². The van der Waals surface area contributed by atoms with Crippen LogP contribution < -0.4 is 5.56 Å². The van der Waals surface area contributed by atoms with Crippen LogP contribution in [0.5, 0.6) is 0 Å². The van der Waals surface area contributed by atoms with Crippen molar-refractivity contribution in [1.82, 2.24) is 30.1 Å². The first-order chi connectivity index (χ1) is 19.0. The molecule has 1 fully saturated rings. The Balaban J connectivity index is 1.53. The molecule has 0 radical (unpaired) electrons. The van der Waals surface area contributed by atoms with E-state index in [0.717, 1.165) is 53.3 Å². The normalized spacial score (nSPS) is 14.8. The second kappa shape index (κ2) is 10.9. The number of nitrogens with one attached hydrogen (secondary N) is 1. The molecule has 0 spiro atoms. The van der Waals surface area contributed by atoms with Crippen LogP contribution in [-0.2, 0) is 13.1 Å². The summed E-state index contributed by atoms with van der Waals surface area (Å²) in [4.78, 5) is 19.1. The van der Waals surface area contributed by atoms with Crippen molar-refractivity contribution in [2.24, 2.45) is 0 Å². The van der Waals surface area contributed by atoms with Gasteiger partial charge in [-0.2, -0.15) is 0 Å². The lowest BCUT2D eigenvalue weighted by atomic mass is 10.0. The zero-order valence-electron chi connectivity index (χ0n) is 21.9. The van der Waals surface area contributed by atoms with Crippen molar-refractivity contribution in [2.45, 2.75) is 57.8 Å². The molecular weight excluding hydrogens is 491 g/mol. The Morgan fingerprint density at radius 1 is 0.974 bits per heavy atom. The van der Waals surface area contributed by atoms with Crippen LogP contribution >= 0.6 is 0 Å². The maximum Gasteiger partial charge on any atom is 0.253 e. The van der Waals surface area contributed by atoms with Gasteiger partial charge in [0.05, 0.1) is 6.04 Å². The molecule has 0 amide bonds. The van der Waals surface area contributed by atoms with Crippen molar-refractivity contribution >= 4 is 10.9 Å². The van der Waals surface area contributed by atoms with Crippen LogP contribution in [0.3, 0.4) is 0 Å². The van der Waals surface area contributed by atoms with E-state index < -0.39 is 6.04 Å². The van der Waals surface area contributed by atoms with Crippen molar-refractivity contribution in [3.05, 3.63) is 123 Å². The molecule has 2 heterocycles. The predicted molar refractivity (Wildman–Crippen MR) is 149 cm³/mol. The standard InChI is InChI=1S/C31H31FN6O/c1-21-11-14-24-18-27(31(39)33-28(24)17-21)29(30-34-35-36-38(30)26-9-5-6-10-26)37(19-22-7-3-2-4-8-22)20-23-12-15-25(32)16-13-23/h2-4,7-8,11-18,26,29H,5-6,9-10,19-20H2,1H3,(H,33,39). The molecule has 1 aliphatic carbocycles. The Morgan fingerprint density at radius 3 is 2.44 bits per heavy atom. The summed E-state index contributed by atoms with van der Waals surface area (Å²) in [6.45, 7) is 3.03. The molecule has 3 aromatic carbocycles. The van der Waals surface area contributed by atoms with E-state index in [2.05, 4.69) is 37.5 Å². The van der Waals surface area contributed by atoms with E-state index in [0.29, 0.717) is 24.5 Å². The summed E-state index contributed by atoms with van der Waals surface area (Å²) in [5, 5.41) is 14.0. The zero-order valence-corrected chi connectivity index (χ0v) is 21.9. The van der Waals surface area contributed by atoms with Crippen LogP contribution in [-0.4, -0.2) is 30.1 Å². The summed E-state index contributed by atoms with van der Waals surface area (Å²) in [5.74, 6) is 0.369. The Kier molecular flexibility index (Phi) is 7.02. The molecule has 0 saturated heterocycles. The summed E-state index contributed by atoms with van der Waals surface area (Å²) in [7, 11) is 0. The summed E-state index contributed by atoms with van der Waals surface area (Å²) >= 11 is 0. The quantitative estimate of drug-likeness (QED) is 0.276. The molecule has 2 aromatic heterocycles. The molecular formula is C31H31FN6O. The van der Waals surface area contributed by atoms with E-state index in [4.69, 9.17) is 0 Å². The first-order valence-corrected chi connectivity index (χ1v) is 13.5. The van der Waals surface area contributed by atoms with E-state index in [1.54, 1.807) is 12.1 Å². The number of pyridine rings is 1. The monoisotopic (exact) mass is 522 g/mol. The van der Waals surface area contributed by atoms with Crippen LogP contribution in [0.25, 0.3) is 10.9 Å². The largest absolute Gasteiger partial charge is 0.322 e. The maximum atomic E-state index is 13.8. The fourth-order valence-corrected chi connectivity index (χ4v) is 5.70. The Morgan fingerprint density at radius 2 is 1.69 bits per heavy atom. The van der Waals surface area contributed by atoms with Crippen molar-refractivity contribution in [2.75, 3.05) is 0 Å². The molecule has 5 aromatic rings. The number of H-pyrrole nitrogens is 1. The lowest BCUT2D eigenvalue weighted by molar-refractivity contribution is 0.190. The minimum atomic E-state index is -0.527. The lowest BCUT2D eigenvalue weighted by Crippen LogP contribution is -2.35. The van der Waals surface area contributed by atoms with Gasteiger partial charge >= 0.3 is 0 Å². The highest BCUT2D eigenvalue weighted by atomic mass is 19.1. The van der Waals surface area contributed by atoms with Crippen LogP contribution in [0.15, 0.2) is 83.7 Å². The third-order valence-corrected chi connectivity index (χ3v) is 7.65. The van der Waals surface area contributed by atoms with Crippen LogP contribution in [0.4, 0.5) is 4.39 Å². The van der Waals surface area contributed by atoms with Crippen LogP contribution in [0, 0.1) is 12.7 Å². The maximum absolute atomic E-state index is 13.8. The van der Waals surface area contributed by atoms with Crippen molar-refractivity contribution in [3.63, 3.8) is 0 Å². The Labute approximate surface area is 226 Å². The van der Waals surface area contributed by atoms with Crippen LogP contribution in [0.2, 0.25) is 0 Å². The first kappa shape index (κ1) is 25.1. The van der Waals surface area contributed by atoms with Gasteiger partial charge in [-0.1, -0.05) is 67.4 Å².